The lowest BCUT2D eigenvalue weighted by Gasteiger charge is -2.09. The van der Waals surface area contributed by atoms with Gasteiger partial charge in [0.05, 0.1) is 6.26 Å². The first-order valence-electron chi connectivity index (χ1n) is 5.54. The predicted octanol–water partition coefficient (Wildman–Crippen LogP) is 2.08. The standard InChI is InChI=1S/C12H19NO2S/c1-3-4-7-11-8-5-6-9-12(11)10-13-16(2,14)15/h5-6,8-9,13H,3-4,7,10H2,1-2H3. The Balaban J connectivity index is 2.71. The van der Waals surface area contributed by atoms with E-state index in [1.807, 2.05) is 18.2 Å². The summed E-state index contributed by atoms with van der Waals surface area (Å²) in [6.45, 7) is 2.54. The monoisotopic (exact) mass is 241 g/mol. The van der Waals surface area contributed by atoms with Gasteiger partial charge in [-0.1, -0.05) is 37.6 Å². The summed E-state index contributed by atoms with van der Waals surface area (Å²) in [5.74, 6) is 0. The fourth-order valence-corrected chi connectivity index (χ4v) is 1.97. The van der Waals surface area contributed by atoms with Gasteiger partial charge in [-0.3, -0.25) is 0 Å². The molecule has 1 rings (SSSR count). The van der Waals surface area contributed by atoms with Crippen LogP contribution in [0.2, 0.25) is 0 Å². The van der Waals surface area contributed by atoms with Gasteiger partial charge in [-0.05, 0) is 24.0 Å². The van der Waals surface area contributed by atoms with Crippen LogP contribution >= 0.6 is 0 Å². The van der Waals surface area contributed by atoms with Crippen LogP contribution in [0.1, 0.15) is 30.9 Å². The van der Waals surface area contributed by atoms with Crippen LogP contribution in [0.5, 0.6) is 0 Å². The van der Waals surface area contributed by atoms with Crippen LogP contribution < -0.4 is 4.72 Å². The van der Waals surface area contributed by atoms with Crippen LogP contribution in [0.4, 0.5) is 0 Å². The average molecular weight is 241 g/mol. The maximum Gasteiger partial charge on any atom is 0.209 e. The minimum Gasteiger partial charge on any atom is -0.213 e. The molecule has 0 radical (unpaired) electrons. The molecular weight excluding hydrogens is 222 g/mol. The summed E-state index contributed by atoms with van der Waals surface area (Å²) < 4.78 is 24.6. The highest BCUT2D eigenvalue weighted by Gasteiger charge is 2.04. The zero-order chi connectivity index (χ0) is 12.0. The summed E-state index contributed by atoms with van der Waals surface area (Å²) in [6, 6.07) is 7.97. The van der Waals surface area contributed by atoms with Gasteiger partial charge in [0.1, 0.15) is 0 Å². The van der Waals surface area contributed by atoms with Crippen molar-refractivity contribution in [1.82, 2.24) is 4.72 Å². The van der Waals surface area contributed by atoms with Crippen LogP contribution in [-0.2, 0) is 23.0 Å². The molecule has 0 heterocycles. The fourth-order valence-electron chi connectivity index (χ4n) is 1.55. The molecule has 0 spiro atoms. The number of sulfonamides is 1. The summed E-state index contributed by atoms with van der Waals surface area (Å²) in [7, 11) is -3.11. The maximum atomic E-state index is 11.0. The van der Waals surface area contributed by atoms with Crippen molar-refractivity contribution < 1.29 is 8.42 Å². The van der Waals surface area contributed by atoms with Gasteiger partial charge in [-0.15, -0.1) is 0 Å². The molecule has 0 aliphatic carbocycles. The van der Waals surface area contributed by atoms with Crippen molar-refractivity contribution in [1.29, 1.82) is 0 Å². The van der Waals surface area contributed by atoms with Gasteiger partial charge in [0.2, 0.25) is 10.0 Å². The molecule has 0 saturated heterocycles. The molecule has 0 unspecified atom stereocenters. The second kappa shape index (κ2) is 6.01. The topological polar surface area (TPSA) is 46.2 Å². The van der Waals surface area contributed by atoms with Gasteiger partial charge in [0, 0.05) is 6.54 Å². The maximum absolute atomic E-state index is 11.0. The van der Waals surface area contributed by atoms with E-state index in [2.05, 4.69) is 17.7 Å². The van der Waals surface area contributed by atoms with Crippen molar-refractivity contribution in [2.24, 2.45) is 0 Å². The van der Waals surface area contributed by atoms with Gasteiger partial charge in [0.15, 0.2) is 0 Å². The molecule has 3 nitrogen and oxygen atoms in total. The van der Waals surface area contributed by atoms with Gasteiger partial charge in [-0.25, -0.2) is 13.1 Å². The Bertz CT molecular complexity index is 426. The van der Waals surface area contributed by atoms with Gasteiger partial charge >= 0.3 is 0 Å². The van der Waals surface area contributed by atoms with Gasteiger partial charge in [-0.2, -0.15) is 0 Å². The van der Waals surface area contributed by atoms with E-state index >= 15 is 0 Å². The lowest BCUT2D eigenvalue weighted by atomic mass is 10.0. The fraction of sp³-hybridized carbons (Fsp3) is 0.500. The number of benzene rings is 1. The Morgan fingerprint density at radius 3 is 2.38 bits per heavy atom. The van der Waals surface area contributed by atoms with Crippen molar-refractivity contribution in [3.8, 4) is 0 Å². The van der Waals surface area contributed by atoms with Crippen LogP contribution in [-0.4, -0.2) is 14.7 Å². The Kier molecular flexibility index (Phi) is 4.96. The molecule has 4 heteroatoms. The summed E-state index contributed by atoms with van der Waals surface area (Å²) in [5, 5.41) is 0. The molecule has 0 bridgehead atoms. The Morgan fingerprint density at radius 1 is 1.19 bits per heavy atom. The second-order valence-electron chi connectivity index (χ2n) is 3.97. The number of aryl methyl sites for hydroxylation is 1. The summed E-state index contributed by atoms with van der Waals surface area (Å²) in [5.41, 5.74) is 2.31. The van der Waals surface area contributed by atoms with E-state index in [4.69, 9.17) is 0 Å². The van der Waals surface area contributed by atoms with Gasteiger partial charge < -0.3 is 0 Å². The normalized spacial score (nSPS) is 11.6. The lowest BCUT2D eigenvalue weighted by molar-refractivity contribution is 0.587. The third-order valence-corrected chi connectivity index (χ3v) is 3.11. The van der Waals surface area contributed by atoms with Gasteiger partial charge in [0.25, 0.3) is 0 Å². The van der Waals surface area contributed by atoms with Crippen molar-refractivity contribution in [2.75, 3.05) is 6.26 Å². The molecule has 0 amide bonds. The van der Waals surface area contributed by atoms with E-state index in [1.54, 1.807) is 0 Å². The van der Waals surface area contributed by atoms with Crippen LogP contribution in [0.15, 0.2) is 24.3 Å². The smallest absolute Gasteiger partial charge is 0.209 e. The quantitative estimate of drug-likeness (QED) is 0.829. The SMILES string of the molecule is CCCCc1ccccc1CNS(C)(=O)=O. The summed E-state index contributed by atoms with van der Waals surface area (Å²) in [4.78, 5) is 0. The average Bonchev–Trinajstić information content (AvgIpc) is 2.23. The molecule has 0 aliphatic rings. The van der Waals surface area contributed by atoms with E-state index in [0.29, 0.717) is 6.54 Å². The third kappa shape index (κ3) is 4.77. The molecule has 1 aromatic rings. The van der Waals surface area contributed by atoms with Crippen LogP contribution in [0.3, 0.4) is 0 Å². The molecule has 0 fully saturated rings. The summed E-state index contributed by atoms with van der Waals surface area (Å²) >= 11 is 0. The Labute approximate surface area is 97.9 Å². The van der Waals surface area contributed by atoms with Crippen molar-refractivity contribution >= 4 is 10.0 Å². The van der Waals surface area contributed by atoms with E-state index < -0.39 is 10.0 Å². The number of rotatable bonds is 6. The Hall–Kier alpha value is -0.870. The number of unbranched alkanes of at least 4 members (excludes halogenated alkanes) is 1. The minimum atomic E-state index is -3.11. The van der Waals surface area contributed by atoms with Crippen molar-refractivity contribution in [3.05, 3.63) is 35.4 Å². The second-order valence-corrected chi connectivity index (χ2v) is 5.80. The zero-order valence-electron chi connectivity index (χ0n) is 9.86. The predicted molar refractivity (Wildman–Crippen MR) is 66.7 cm³/mol. The molecule has 1 aromatic carbocycles. The highest BCUT2D eigenvalue weighted by atomic mass is 32.2. The first-order valence-corrected chi connectivity index (χ1v) is 7.43. The molecule has 0 aromatic heterocycles. The molecule has 0 atom stereocenters. The highest BCUT2D eigenvalue weighted by Crippen LogP contribution is 2.12. The largest absolute Gasteiger partial charge is 0.213 e. The van der Waals surface area contributed by atoms with E-state index in [9.17, 15) is 8.42 Å². The van der Waals surface area contributed by atoms with Crippen LogP contribution in [0.25, 0.3) is 0 Å². The first-order chi connectivity index (χ1) is 7.53. The molecule has 1 N–H and O–H groups in total. The first kappa shape index (κ1) is 13.2. The van der Waals surface area contributed by atoms with E-state index in [0.717, 1.165) is 24.8 Å². The minimum absolute atomic E-state index is 0.388. The zero-order valence-corrected chi connectivity index (χ0v) is 10.7. The molecule has 90 valence electrons. The van der Waals surface area contributed by atoms with E-state index in [-0.39, 0.29) is 0 Å². The highest BCUT2D eigenvalue weighted by molar-refractivity contribution is 7.88. The summed E-state index contributed by atoms with van der Waals surface area (Å²) in [6.07, 6.45) is 4.48. The van der Waals surface area contributed by atoms with Crippen LogP contribution in [0, 0.1) is 0 Å². The lowest BCUT2D eigenvalue weighted by Crippen LogP contribution is -2.21. The molecule has 0 aliphatic heterocycles. The molecular formula is C12H19NO2S. The molecule has 0 saturated carbocycles. The third-order valence-electron chi connectivity index (χ3n) is 2.44. The number of hydrogen-bond donors (Lipinski definition) is 1. The van der Waals surface area contributed by atoms with Crippen molar-refractivity contribution in [3.63, 3.8) is 0 Å². The molecule has 16 heavy (non-hydrogen) atoms. The number of hydrogen-bond acceptors (Lipinski definition) is 2. The van der Waals surface area contributed by atoms with E-state index in [1.165, 1.54) is 11.8 Å². The van der Waals surface area contributed by atoms with Crippen molar-refractivity contribution in [2.45, 2.75) is 32.7 Å². The number of nitrogens with one attached hydrogen (secondary N) is 1. The Morgan fingerprint density at radius 2 is 1.81 bits per heavy atom.